The summed E-state index contributed by atoms with van der Waals surface area (Å²) < 4.78 is 24.6. The van der Waals surface area contributed by atoms with Crippen molar-refractivity contribution in [3.05, 3.63) is 57.8 Å². The van der Waals surface area contributed by atoms with Gasteiger partial charge < -0.3 is 15.2 Å². The van der Waals surface area contributed by atoms with Crippen LogP contribution in [0, 0.1) is 5.82 Å². The van der Waals surface area contributed by atoms with Crippen molar-refractivity contribution in [2.24, 2.45) is 5.73 Å². The second-order valence-electron chi connectivity index (χ2n) is 4.29. The zero-order valence-electron chi connectivity index (χ0n) is 11.2. The molecule has 3 nitrogen and oxygen atoms in total. The summed E-state index contributed by atoms with van der Waals surface area (Å²) in [5, 5.41) is 0. The molecule has 110 valence electrons. The first-order valence-electron chi connectivity index (χ1n) is 6.05. The SMILES string of the molecule is COc1cc(OCc2ccc(F)cc2Br)cc(C(N)=S)c1. The number of ether oxygens (including phenoxy) is 2. The number of hydrogen-bond acceptors (Lipinski definition) is 3. The highest BCUT2D eigenvalue weighted by molar-refractivity contribution is 9.10. The van der Waals surface area contributed by atoms with Crippen LogP contribution in [-0.4, -0.2) is 12.1 Å². The first-order valence-corrected chi connectivity index (χ1v) is 7.25. The summed E-state index contributed by atoms with van der Waals surface area (Å²) in [7, 11) is 1.55. The minimum absolute atomic E-state index is 0.265. The molecule has 21 heavy (non-hydrogen) atoms. The maximum absolute atomic E-state index is 13.0. The van der Waals surface area contributed by atoms with Crippen LogP contribution in [0.1, 0.15) is 11.1 Å². The van der Waals surface area contributed by atoms with E-state index in [1.54, 1.807) is 31.4 Å². The number of hydrogen-bond donors (Lipinski definition) is 1. The molecular weight excluding hydrogens is 357 g/mol. The number of nitrogens with two attached hydrogens (primary N) is 1. The lowest BCUT2D eigenvalue weighted by Gasteiger charge is -2.11. The summed E-state index contributed by atoms with van der Waals surface area (Å²) in [5.41, 5.74) is 7.12. The van der Waals surface area contributed by atoms with E-state index < -0.39 is 0 Å². The molecule has 0 amide bonds. The van der Waals surface area contributed by atoms with E-state index >= 15 is 0 Å². The first-order chi connectivity index (χ1) is 9.99. The Balaban J connectivity index is 2.19. The maximum Gasteiger partial charge on any atom is 0.124 e. The molecule has 2 rings (SSSR count). The van der Waals surface area contributed by atoms with Gasteiger partial charge in [0, 0.05) is 21.7 Å². The molecule has 0 heterocycles. The minimum Gasteiger partial charge on any atom is -0.497 e. The fourth-order valence-electron chi connectivity index (χ4n) is 1.72. The van der Waals surface area contributed by atoms with Crippen LogP contribution < -0.4 is 15.2 Å². The molecule has 0 aliphatic carbocycles. The third kappa shape index (κ3) is 4.15. The molecule has 0 aromatic heterocycles. The van der Waals surface area contributed by atoms with Gasteiger partial charge in [0.25, 0.3) is 0 Å². The number of benzene rings is 2. The Labute approximate surface area is 136 Å². The van der Waals surface area contributed by atoms with E-state index in [2.05, 4.69) is 15.9 Å². The Hall–Kier alpha value is -1.66. The van der Waals surface area contributed by atoms with E-state index in [4.69, 9.17) is 27.4 Å². The molecule has 2 aromatic carbocycles. The topological polar surface area (TPSA) is 44.5 Å². The number of methoxy groups -OCH3 is 1. The van der Waals surface area contributed by atoms with Gasteiger partial charge in [-0.25, -0.2) is 4.39 Å². The Morgan fingerprint density at radius 1 is 1.24 bits per heavy atom. The second kappa shape index (κ2) is 6.87. The summed E-state index contributed by atoms with van der Waals surface area (Å²) in [6.07, 6.45) is 0. The van der Waals surface area contributed by atoms with Gasteiger partial charge in [-0.3, -0.25) is 0 Å². The Morgan fingerprint density at radius 3 is 2.57 bits per heavy atom. The summed E-state index contributed by atoms with van der Waals surface area (Å²) in [6, 6.07) is 9.65. The number of rotatable bonds is 5. The van der Waals surface area contributed by atoms with Crippen molar-refractivity contribution in [3.63, 3.8) is 0 Å². The van der Waals surface area contributed by atoms with Crippen molar-refractivity contribution in [1.82, 2.24) is 0 Å². The third-order valence-electron chi connectivity index (χ3n) is 2.81. The lowest BCUT2D eigenvalue weighted by molar-refractivity contribution is 0.302. The number of thiocarbonyl (C=S) groups is 1. The quantitative estimate of drug-likeness (QED) is 0.813. The highest BCUT2D eigenvalue weighted by atomic mass is 79.9. The Kier molecular flexibility index (Phi) is 5.14. The molecule has 0 fully saturated rings. The van der Waals surface area contributed by atoms with E-state index in [-0.39, 0.29) is 17.4 Å². The predicted molar refractivity (Wildman–Crippen MR) is 87.3 cm³/mol. The van der Waals surface area contributed by atoms with Crippen LogP contribution in [0.3, 0.4) is 0 Å². The highest BCUT2D eigenvalue weighted by Crippen LogP contribution is 2.25. The van der Waals surface area contributed by atoms with Gasteiger partial charge in [-0.2, -0.15) is 0 Å². The largest absolute Gasteiger partial charge is 0.497 e. The van der Waals surface area contributed by atoms with E-state index in [0.29, 0.717) is 21.5 Å². The fourth-order valence-corrected chi connectivity index (χ4v) is 2.30. The molecule has 2 N–H and O–H groups in total. The molecule has 0 aliphatic heterocycles. The van der Waals surface area contributed by atoms with Crippen molar-refractivity contribution in [2.45, 2.75) is 6.61 Å². The first kappa shape index (κ1) is 15.7. The van der Waals surface area contributed by atoms with Gasteiger partial charge in [-0.1, -0.05) is 34.2 Å². The van der Waals surface area contributed by atoms with Crippen molar-refractivity contribution >= 4 is 33.1 Å². The zero-order chi connectivity index (χ0) is 15.4. The lowest BCUT2D eigenvalue weighted by atomic mass is 10.2. The molecule has 0 unspecified atom stereocenters. The summed E-state index contributed by atoms with van der Waals surface area (Å²) in [6.45, 7) is 0.283. The van der Waals surface area contributed by atoms with Gasteiger partial charge in [0.15, 0.2) is 0 Å². The van der Waals surface area contributed by atoms with Gasteiger partial charge >= 0.3 is 0 Å². The van der Waals surface area contributed by atoms with Crippen molar-refractivity contribution < 1.29 is 13.9 Å². The smallest absolute Gasteiger partial charge is 0.124 e. The van der Waals surface area contributed by atoms with E-state index in [1.165, 1.54) is 12.1 Å². The predicted octanol–water partition coefficient (Wildman–Crippen LogP) is 3.81. The second-order valence-corrected chi connectivity index (χ2v) is 5.58. The Bertz CT molecular complexity index is 679. The van der Waals surface area contributed by atoms with Crippen LogP contribution in [-0.2, 0) is 6.61 Å². The molecule has 2 aromatic rings. The zero-order valence-corrected chi connectivity index (χ0v) is 13.6. The van der Waals surface area contributed by atoms with Gasteiger partial charge in [0.05, 0.1) is 7.11 Å². The summed E-state index contributed by atoms with van der Waals surface area (Å²) >= 11 is 8.26. The molecule has 0 spiro atoms. The third-order valence-corrected chi connectivity index (χ3v) is 3.78. The Morgan fingerprint density at radius 2 is 1.95 bits per heavy atom. The standard InChI is InChI=1S/C15H13BrFNO2S/c1-19-12-4-10(15(18)21)5-13(7-12)20-8-9-2-3-11(17)6-14(9)16/h2-7H,8H2,1H3,(H2,18,21). The van der Waals surface area contributed by atoms with Crippen LogP contribution in [0.4, 0.5) is 4.39 Å². The average Bonchev–Trinajstić information content (AvgIpc) is 2.46. The molecule has 0 bridgehead atoms. The molecule has 0 saturated carbocycles. The van der Waals surface area contributed by atoms with Crippen molar-refractivity contribution in [3.8, 4) is 11.5 Å². The maximum atomic E-state index is 13.0. The normalized spacial score (nSPS) is 10.2. The highest BCUT2D eigenvalue weighted by Gasteiger charge is 2.07. The fraction of sp³-hybridized carbons (Fsp3) is 0.133. The van der Waals surface area contributed by atoms with E-state index in [0.717, 1.165) is 5.56 Å². The molecular formula is C15H13BrFNO2S. The van der Waals surface area contributed by atoms with Gasteiger partial charge in [-0.05, 0) is 24.3 Å². The molecule has 0 aliphatic rings. The van der Waals surface area contributed by atoms with Crippen LogP contribution >= 0.6 is 28.1 Å². The lowest BCUT2D eigenvalue weighted by Crippen LogP contribution is -2.10. The molecule has 0 atom stereocenters. The summed E-state index contributed by atoms with van der Waals surface area (Å²) in [4.78, 5) is 0.265. The molecule has 0 saturated heterocycles. The van der Waals surface area contributed by atoms with Crippen LogP contribution in [0.2, 0.25) is 0 Å². The van der Waals surface area contributed by atoms with Crippen molar-refractivity contribution in [2.75, 3.05) is 7.11 Å². The van der Waals surface area contributed by atoms with Crippen LogP contribution in [0.25, 0.3) is 0 Å². The van der Waals surface area contributed by atoms with Crippen LogP contribution in [0.15, 0.2) is 40.9 Å². The van der Waals surface area contributed by atoms with Gasteiger partial charge in [-0.15, -0.1) is 0 Å². The molecule has 0 radical (unpaired) electrons. The monoisotopic (exact) mass is 369 g/mol. The summed E-state index contributed by atoms with van der Waals surface area (Å²) in [5.74, 6) is 0.879. The van der Waals surface area contributed by atoms with Crippen LogP contribution in [0.5, 0.6) is 11.5 Å². The average molecular weight is 370 g/mol. The van der Waals surface area contributed by atoms with Gasteiger partial charge in [0.2, 0.25) is 0 Å². The van der Waals surface area contributed by atoms with E-state index in [9.17, 15) is 4.39 Å². The number of halogens is 2. The minimum atomic E-state index is -0.303. The molecule has 6 heteroatoms. The van der Waals surface area contributed by atoms with Gasteiger partial charge in [0.1, 0.15) is 28.9 Å². The van der Waals surface area contributed by atoms with E-state index in [1.807, 2.05) is 0 Å². The van der Waals surface area contributed by atoms with Crippen molar-refractivity contribution in [1.29, 1.82) is 0 Å².